The van der Waals surface area contributed by atoms with Gasteiger partial charge in [-0.15, -0.1) is 0 Å². The summed E-state index contributed by atoms with van der Waals surface area (Å²) in [7, 11) is 0. The van der Waals surface area contributed by atoms with Gasteiger partial charge in [-0.3, -0.25) is 0 Å². The molecular formula is C14H18ClFO. The van der Waals surface area contributed by atoms with Crippen molar-refractivity contribution in [2.45, 2.75) is 44.6 Å². The largest absolute Gasteiger partial charge is 0.388 e. The van der Waals surface area contributed by atoms with Gasteiger partial charge >= 0.3 is 0 Å². The van der Waals surface area contributed by atoms with Crippen molar-refractivity contribution >= 4 is 11.6 Å². The summed E-state index contributed by atoms with van der Waals surface area (Å²) in [5.41, 5.74) is 0.717. The van der Waals surface area contributed by atoms with Crippen molar-refractivity contribution in [1.29, 1.82) is 0 Å². The molecule has 0 radical (unpaired) electrons. The van der Waals surface area contributed by atoms with Gasteiger partial charge in [-0.05, 0) is 36.5 Å². The zero-order valence-electron chi connectivity index (χ0n) is 9.83. The number of rotatable bonds is 4. The highest BCUT2D eigenvalue weighted by molar-refractivity contribution is 6.30. The van der Waals surface area contributed by atoms with Crippen LogP contribution in [0.3, 0.4) is 0 Å². The third-order valence-corrected chi connectivity index (χ3v) is 3.94. The van der Waals surface area contributed by atoms with Crippen LogP contribution in [0.2, 0.25) is 5.02 Å². The average Bonchev–Trinajstić information content (AvgIpc) is 2.82. The SMILES string of the molecule is OC(CCC1CCCC1)c1ccc(F)c(Cl)c1. The minimum absolute atomic E-state index is 0.0856. The Morgan fingerprint density at radius 3 is 2.71 bits per heavy atom. The van der Waals surface area contributed by atoms with E-state index in [0.717, 1.165) is 24.3 Å². The molecule has 0 aliphatic heterocycles. The van der Waals surface area contributed by atoms with Gasteiger partial charge in [0.25, 0.3) is 0 Å². The lowest BCUT2D eigenvalue weighted by molar-refractivity contribution is 0.157. The third-order valence-electron chi connectivity index (χ3n) is 3.65. The molecule has 1 aliphatic rings. The van der Waals surface area contributed by atoms with Crippen LogP contribution in [-0.2, 0) is 0 Å². The zero-order valence-corrected chi connectivity index (χ0v) is 10.6. The lowest BCUT2D eigenvalue weighted by Crippen LogP contribution is -2.02. The van der Waals surface area contributed by atoms with Gasteiger partial charge in [0.05, 0.1) is 11.1 Å². The predicted molar refractivity (Wildman–Crippen MR) is 67.6 cm³/mol. The molecule has 1 aromatic rings. The Balaban J connectivity index is 1.89. The standard InChI is InChI=1S/C14H18ClFO/c15-12-9-11(6-7-13(12)16)14(17)8-5-10-3-1-2-4-10/h6-7,9-10,14,17H,1-5,8H2. The second-order valence-corrected chi connectivity index (χ2v) is 5.32. The van der Waals surface area contributed by atoms with Crippen molar-refractivity contribution in [2.75, 3.05) is 0 Å². The molecule has 0 saturated heterocycles. The Kier molecular flexibility index (Phi) is 4.41. The summed E-state index contributed by atoms with van der Waals surface area (Å²) >= 11 is 5.70. The van der Waals surface area contributed by atoms with Crippen molar-refractivity contribution in [3.63, 3.8) is 0 Å². The maximum atomic E-state index is 13.0. The van der Waals surface area contributed by atoms with E-state index in [4.69, 9.17) is 11.6 Å². The van der Waals surface area contributed by atoms with Gasteiger partial charge in [-0.2, -0.15) is 0 Å². The van der Waals surface area contributed by atoms with Crippen molar-refractivity contribution in [3.8, 4) is 0 Å². The predicted octanol–water partition coefficient (Wildman–Crippen LogP) is 4.48. The van der Waals surface area contributed by atoms with Gasteiger partial charge in [0, 0.05) is 0 Å². The molecule has 1 nitrogen and oxygen atoms in total. The van der Waals surface area contributed by atoms with Gasteiger partial charge < -0.3 is 5.11 Å². The molecule has 17 heavy (non-hydrogen) atoms. The molecule has 0 bridgehead atoms. The molecular weight excluding hydrogens is 239 g/mol. The fourth-order valence-electron chi connectivity index (χ4n) is 2.58. The molecule has 0 amide bonds. The summed E-state index contributed by atoms with van der Waals surface area (Å²) in [4.78, 5) is 0. The van der Waals surface area contributed by atoms with Crippen LogP contribution in [0.5, 0.6) is 0 Å². The van der Waals surface area contributed by atoms with Crippen LogP contribution >= 0.6 is 11.6 Å². The molecule has 0 heterocycles. The van der Waals surface area contributed by atoms with E-state index in [0.29, 0.717) is 0 Å². The average molecular weight is 257 g/mol. The quantitative estimate of drug-likeness (QED) is 0.842. The topological polar surface area (TPSA) is 20.2 Å². The van der Waals surface area contributed by atoms with E-state index in [1.54, 1.807) is 6.07 Å². The van der Waals surface area contributed by atoms with Crippen molar-refractivity contribution in [3.05, 3.63) is 34.6 Å². The molecule has 2 rings (SSSR count). The number of hydrogen-bond acceptors (Lipinski definition) is 1. The summed E-state index contributed by atoms with van der Waals surface area (Å²) in [6.45, 7) is 0. The van der Waals surface area contributed by atoms with Crippen molar-refractivity contribution in [1.82, 2.24) is 0 Å². The maximum absolute atomic E-state index is 13.0. The molecule has 0 aromatic heterocycles. The number of hydrogen-bond donors (Lipinski definition) is 1. The lowest BCUT2D eigenvalue weighted by atomic mass is 9.96. The Bertz CT molecular complexity index is 374. The van der Waals surface area contributed by atoms with E-state index in [9.17, 15) is 9.50 Å². The van der Waals surface area contributed by atoms with Gasteiger partial charge in [-0.25, -0.2) is 4.39 Å². The second kappa shape index (κ2) is 5.83. The minimum Gasteiger partial charge on any atom is -0.388 e. The number of halogens is 2. The van der Waals surface area contributed by atoms with Crippen molar-refractivity contribution < 1.29 is 9.50 Å². The summed E-state index contributed by atoms with van der Waals surface area (Å²) in [5, 5.41) is 10.1. The van der Waals surface area contributed by atoms with Gasteiger partial charge in [0.2, 0.25) is 0 Å². The highest BCUT2D eigenvalue weighted by atomic mass is 35.5. The Morgan fingerprint density at radius 2 is 2.06 bits per heavy atom. The van der Waals surface area contributed by atoms with E-state index < -0.39 is 11.9 Å². The third kappa shape index (κ3) is 3.43. The molecule has 1 aromatic carbocycles. The van der Waals surface area contributed by atoms with Gasteiger partial charge in [0.15, 0.2) is 0 Å². The second-order valence-electron chi connectivity index (χ2n) is 4.92. The van der Waals surface area contributed by atoms with Gasteiger partial charge in [-0.1, -0.05) is 43.4 Å². The van der Waals surface area contributed by atoms with E-state index in [2.05, 4.69) is 0 Å². The molecule has 1 fully saturated rings. The number of aliphatic hydroxyl groups is 1. The maximum Gasteiger partial charge on any atom is 0.141 e. The molecule has 1 N–H and O–H groups in total. The normalized spacial score (nSPS) is 18.5. The minimum atomic E-state index is -0.520. The van der Waals surface area contributed by atoms with E-state index >= 15 is 0 Å². The molecule has 3 heteroatoms. The smallest absolute Gasteiger partial charge is 0.141 e. The molecule has 1 atom stereocenters. The number of benzene rings is 1. The summed E-state index contributed by atoms with van der Waals surface area (Å²) < 4.78 is 13.0. The fourth-order valence-corrected chi connectivity index (χ4v) is 2.77. The van der Waals surface area contributed by atoms with E-state index in [1.807, 2.05) is 0 Å². The van der Waals surface area contributed by atoms with Crippen LogP contribution in [0, 0.1) is 11.7 Å². The van der Waals surface area contributed by atoms with Crippen LogP contribution < -0.4 is 0 Å². The molecule has 1 saturated carbocycles. The zero-order chi connectivity index (χ0) is 12.3. The summed E-state index contributed by atoms with van der Waals surface area (Å²) in [6, 6.07) is 4.45. The fraction of sp³-hybridized carbons (Fsp3) is 0.571. The lowest BCUT2D eigenvalue weighted by Gasteiger charge is -2.14. The van der Waals surface area contributed by atoms with Crippen LogP contribution in [-0.4, -0.2) is 5.11 Å². The summed E-state index contributed by atoms with van der Waals surface area (Å²) in [5.74, 6) is 0.332. The first-order valence-electron chi connectivity index (χ1n) is 6.30. The van der Waals surface area contributed by atoms with Crippen LogP contribution in [0.25, 0.3) is 0 Å². The first-order valence-corrected chi connectivity index (χ1v) is 6.67. The monoisotopic (exact) mass is 256 g/mol. The Morgan fingerprint density at radius 1 is 1.35 bits per heavy atom. The van der Waals surface area contributed by atoms with E-state index in [-0.39, 0.29) is 5.02 Å². The number of aliphatic hydroxyl groups excluding tert-OH is 1. The van der Waals surface area contributed by atoms with Gasteiger partial charge in [0.1, 0.15) is 5.82 Å². The van der Waals surface area contributed by atoms with Crippen molar-refractivity contribution in [2.24, 2.45) is 5.92 Å². The summed E-state index contributed by atoms with van der Waals surface area (Å²) in [6.07, 6.45) is 6.50. The first-order chi connectivity index (χ1) is 8.16. The molecule has 1 unspecified atom stereocenters. The van der Waals surface area contributed by atoms with Crippen LogP contribution in [0.1, 0.15) is 50.2 Å². The van der Waals surface area contributed by atoms with E-state index in [1.165, 1.54) is 37.8 Å². The molecule has 0 spiro atoms. The van der Waals surface area contributed by atoms with Crippen LogP contribution in [0.15, 0.2) is 18.2 Å². The molecule has 94 valence electrons. The highest BCUT2D eigenvalue weighted by Gasteiger charge is 2.17. The molecule has 1 aliphatic carbocycles. The first kappa shape index (κ1) is 12.8. The Labute approximate surface area is 107 Å². The van der Waals surface area contributed by atoms with Crippen LogP contribution in [0.4, 0.5) is 4.39 Å². The Hall–Kier alpha value is -0.600. The highest BCUT2D eigenvalue weighted by Crippen LogP contribution is 2.32.